The maximum Gasteiger partial charge on any atom is 0.226 e. The number of nitrogens with zero attached hydrogens (tertiary/aromatic N) is 4. The number of nitrogen functional groups attached to an aromatic ring is 1. The number of hydrogen-bond donors (Lipinski definition) is 2. The van der Waals surface area contributed by atoms with Crippen LogP contribution < -0.4 is 10.6 Å². The number of aryl methyl sites for hydroxylation is 1. The van der Waals surface area contributed by atoms with E-state index in [2.05, 4.69) is 14.9 Å². The average Bonchev–Trinajstić information content (AvgIpc) is 2.88. The van der Waals surface area contributed by atoms with Crippen LogP contribution >= 0.6 is 0 Å². The van der Waals surface area contributed by atoms with Gasteiger partial charge in [-0.3, -0.25) is 5.41 Å². The van der Waals surface area contributed by atoms with Gasteiger partial charge in [-0.15, -0.1) is 0 Å². The summed E-state index contributed by atoms with van der Waals surface area (Å²) in [6.07, 6.45) is 2.61. The summed E-state index contributed by atoms with van der Waals surface area (Å²) in [6, 6.07) is 1.74. The molecule has 104 valence electrons. The number of amidine groups is 1. The summed E-state index contributed by atoms with van der Waals surface area (Å²) in [5, 5.41) is 7.47. The fourth-order valence-electron chi connectivity index (χ4n) is 2.26. The molecule has 1 aliphatic rings. The van der Waals surface area contributed by atoms with E-state index in [0.29, 0.717) is 11.6 Å². The fraction of sp³-hybridized carbons (Fsp3) is 0.615. The van der Waals surface area contributed by atoms with Gasteiger partial charge in [0.1, 0.15) is 11.5 Å². The molecule has 0 unspecified atom stereocenters. The van der Waals surface area contributed by atoms with Crippen LogP contribution in [0.1, 0.15) is 24.2 Å². The van der Waals surface area contributed by atoms with Gasteiger partial charge in [0, 0.05) is 25.8 Å². The van der Waals surface area contributed by atoms with Gasteiger partial charge in [0.15, 0.2) is 0 Å². The summed E-state index contributed by atoms with van der Waals surface area (Å²) in [7, 11) is 1.98. The molecule has 0 bridgehead atoms. The van der Waals surface area contributed by atoms with Crippen molar-refractivity contribution < 1.29 is 0 Å². The summed E-state index contributed by atoms with van der Waals surface area (Å²) in [5.74, 6) is 0.629. The molecule has 0 spiro atoms. The molecule has 1 aliphatic heterocycles. The number of aromatic nitrogens is 2. The molecule has 0 amide bonds. The lowest BCUT2D eigenvalue weighted by Crippen LogP contribution is -2.32. The van der Waals surface area contributed by atoms with E-state index in [1.807, 2.05) is 18.9 Å². The molecule has 0 radical (unpaired) electrons. The lowest BCUT2D eigenvalue weighted by Gasteiger charge is -2.22. The Labute approximate surface area is 114 Å². The number of rotatable bonds is 5. The number of nitrogens with two attached hydrogens (primary N) is 1. The van der Waals surface area contributed by atoms with E-state index in [1.54, 1.807) is 6.07 Å². The third-order valence-corrected chi connectivity index (χ3v) is 3.41. The topological polar surface area (TPSA) is 82.1 Å². The van der Waals surface area contributed by atoms with Crippen molar-refractivity contribution in [1.82, 2.24) is 14.9 Å². The van der Waals surface area contributed by atoms with Crippen molar-refractivity contribution in [2.24, 2.45) is 5.73 Å². The second-order valence-corrected chi connectivity index (χ2v) is 5.08. The molecule has 1 aromatic rings. The summed E-state index contributed by atoms with van der Waals surface area (Å²) in [4.78, 5) is 13.2. The van der Waals surface area contributed by atoms with Crippen molar-refractivity contribution >= 4 is 11.8 Å². The van der Waals surface area contributed by atoms with Crippen molar-refractivity contribution in [1.29, 1.82) is 5.41 Å². The predicted octanol–water partition coefficient (Wildman–Crippen LogP) is 0.601. The van der Waals surface area contributed by atoms with Crippen LogP contribution in [0.15, 0.2) is 6.07 Å². The molecular weight excluding hydrogens is 240 g/mol. The van der Waals surface area contributed by atoms with Crippen molar-refractivity contribution in [3.63, 3.8) is 0 Å². The van der Waals surface area contributed by atoms with E-state index in [0.717, 1.165) is 18.8 Å². The summed E-state index contributed by atoms with van der Waals surface area (Å²) in [6.45, 7) is 6.21. The predicted molar refractivity (Wildman–Crippen MR) is 76.7 cm³/mol. The molecule has 0 atom stereocenters. The highest BCUT2D eigenvalue weighted by Crippen LogP contribution is 2.10. The quantitative estimate of drug-likeness (QED) is 0.600. The molecule has 2 heterocycles. The highest BCUT2D eigenvalue weighted by atomic mass is 15.3. The molecule has 1 fully saturated rings. The molecule has 2 rings (SSSR count). The van der Waals surface area contributed by atoms with Crippen molar-refractivity contribution in [2.75, 3.05) is 38.1 Å². The lowest BCUT2D eigenvalue weighted by atomic mass is 10.3. The van der Waals surface area contributed by atoms with Crippen LogP contribution in [0.4, 0.5) is 5.95 Å². The van der Waals surface area contributed by atoms with E-state index >= 15 is 0 Å². The molecule has 1 saturated heterocycles. The standard InChI is InChI=1S/C13H22N6/c1-10-9-11(12(14)15)17-13(16-10)18(2)7-8-19-5-3-4-6-19/h9H,3-8H2,1-2H3,(H3,14,15). The largest absolute Gasteiger partial charge is 0.382 e. The zero-order valence-corrected chi connectivity index (χ0v) is 11.7. The van der Waals surface area contributed by atoms with E-state index < -0.39 is 0 Å². The molecule has 1 aromatic heterocycles. The van der Waals surface area contributed by atoms with Crippen molar-refractivity contribution in [3.05, 3.63) is 17.5 Å². The first-order chi connectivity index (χ1) is 9.06. The number of likely N-dealkylation sites (tertiary alicyclic amines) is 1. The Balaban J connectivity index is 2.01. The van der Waals surface area contributed by atoms with Crippen LogP contribution in [0.3, 0.4) is 0 Å². The van der Waals surface area contributed by atoms with Gasteiger partial charge in [0.25, 0.3) is 0 Å². The van der Waals surface area contributed by atoms with Crippen LogP contribution in [0, 0.1) is 12.3 Å². The Kier molecular flexibility index (Phi) is 4.31. The smallest absolute Gasteiger partial charge is 0.226 e. The number of likely N-dealkylation sites (N-methyl/N-ethyl adjacent to an activating group) is 1. The minimum Gasteiger partial charge on any atom is -0.382 e. The van der Waals surface area contributed by atoms with Gasteiger partial charge in [0.2, 0.25) is 5.95 Å². The van der Waals surface area contributed by atoms with Crippen LogP contribution in [0.25, 0.3) is 0 Å². The first-order valence-electron chi connectivity index (χ1n) is 6.70. The third-order valence-electron chi connectivity index (χ3n) is 3.41. The first-order valence-corrected chi connectivity index (χ1v) is 6.70. The van der Waals surface area contributed by atoms with E-state index in [4.69, 9.17) is 11.1 Å². The minimum absolute atomic E-state index is 0.0142. The van der Waals surface area contributed by atoms with Crippen LogP contribution in [0.5, 0.6) is 0 Å². The van der Waals surface area contributed by atoms with E-state index in [9.17, 15) is 0 Å². The van der Waals surface area contributed by atoms with Gasteiger partial charge in [-0.05, 0) is 38.9 Å². The zero-order chi connectivity index (χ0) is 13.8. The minimum atomic E-state index is -0.0142. The molecule has 6 nitrogen and oxygen atoms in total. The maximum atomic E-state index is 7.47. The molecule has 0 saturated carbocycles. The molecule has 6 heteroatoms. The van der Waals surface area contributed by atoms with Crippen LogP contribution in [-0.2, 0) is 0 Å². The maximum absolute atomic E-state index is 7.47. The highest BCUT2D eigenvalue weighted by molar-refractivity contribution is 5.93. The molecule has 0 aliphatic carbocycles. The van der Waals surface area contributed by atoms with Crippen molar-refractivity contribution in [2.45, 2.75) is 19.8 Å². The van der Waals surface area contributed by atoms with Gasteiger partial charge in [-0.2, -0.15) is 0 Å². The monoisotopic (exact) mass is 262 g/mol. The fourth-order valence-corrected chi connectivity index (χ4v) is 2.26. The Hall–Kier alpha value is -1.69. The Morgan fingerprint density at radius 3 is 2.74 bits per heavy atom. The number of hydrogen-bond acceptors (Lipinski definition) is 5. The molecule has 0 aromatic carbocycles. The second kappa shape index (κ2) is 5.97. The first kappa shape index (κ1) is 13.7. The van der Waals surface area contributed by atoms with E-state index in [1.165, 1.54) is 25.9 Å². The van der Waals surface area contributed by atoms with Crippen LogP contribution in [-0.4, -0.2) is 53.9 Å². The normalized spacial score (nSPS) is 15.7. The van der Waals surface area contributed by atoms with Gasteiger partial charge >= 0.3 is 0 Å². The molecule has 19 heavy (non-hydrogen) atoms. The Morgan fingerprint density at radius 1 is 1.42 bits per heavy atom. The third kappa shape index (κ3) is 3.64. The number of nitrogens with one attached hydrogen (secondary N) is 1. The summed E-state index contributed by atoms with van der Waals surface area (Å²) in [5.41, 5.74) is 6.82. The van der Waals surface area contributed by atoms with Crippen LogP contribution in [0.2, 0.25) is 0 Å². The summed E-state index contributed by atoms with van der Waals surface area (Å²) < 4.78 is 0. The van der Waals surface area contributed by atoms with Gasteiger partial charge < -0.3 is 15.5 Å². The summed E-state index contributed by atoms with van der Waals surface area (Å²) >= 11 is 0. The highest BCUT2D eigenvalue weighted by Gasteiger charge is 2.13. The van der Waals surface area contributed by atoms with Crippen molar-refractivity contribution in [3.8, 4) is 0 Å². The molecule has 3 N–H and O–H groups in total. The Morgan fingerprint density at radius 2 is 2.11 bits per heavy atom. The second-order valence-electron chi connectivity index (χ2n) is 5.08. The molecular formula is C13H22N6. The average molecular weight is 262 g/mol. The van der Waals surface area contributed by atoms with Gasteiger partial charge in [-0.25, -0.2) is 9.97 Å². The SMILES string of the molecule is Cc1cc(C(=N)N)nc(N(C)CCN2CCCC2)n1. The zero-order valence-electron chi connectivity index (χ0n) is 11.7. The van der Waals surface area contributed by atoms with E-state index in [-0.39, 0.29) is 5.84 Å². The Bertz CT molecular complexity index is 452. The van der Waals surface area contributed by atoms with Gasteiger partial charge in [0.05, 0.1) is 0 Å². The lowest BCUT2D eigenvalue weighted by molar-refractivity contribution is 0.346. The van der Waals surface area contributed by atoms with Gasteiger partial charge in [-0.1, -0.05) is 0 Å². The number of anilines is 1.